The highest BCUT2D eigenvalue weighted by atomic mass is 16.5. The highest BCUT2D eigenvalue weighted by Gasteiger charge is 2.40. The van der Waals surface area contributed by atoms with Crippen LogP contribution in [0.2, 0.25) is 0 Å². The van der Waals surface area contributed by atoms with Crippen molar-refractivity contribution >= 4 is 5.97 Å². The Bertz CT molecular complexity index is 434. The summed E-state index contributed by atoms with van der Waals surface area (Å²) in [6.07, 6.45) is 7.16. The molecule has 4 heteroatoms. The van der Waals surface area contributed by atoms with E-state index in [1.54, 1.807) is 6.26 Å². The van der Waals surface area contributed by atoms with Gasteiger partial charge in [0, 0.05) is 12.1 Å². The van der Waals surface area contributed by atoms with Crippen LogP contribution < -0.4 is 5.32 Å². The van der Waals surface area contributed by atoms with Crippen LogP contribution in [0.3, 0.4) is 0 Å². The number of furan rings is 1. The van der Waals surface area contributed by atoms with Crippen molar-refractivity contribution < 1.29 is 13.9 Å². The summed E-state index contributed by atoms with van der Waals surface area (Å²) in [5.41, 5.74) is 0.886. The lowest BCUT2D eigenvalue weighted by Crippen LogP contribution is -2.25. The van der Waals surface area contributed by atoms with Gasteiger partial charge >= 0.3 is 5.97 Å². The largest absolute Gasteiger partial charge is 0.463 e. The maximum absolute atomic E-state index is 11.5. The molecule has 2 saturated carbocycles. The molecule has 4 nitrogen and oxygen atoms in total. The van der Waals surface area contributed by atoms with Crippen molar-refractivity contribution in [3.05, 3.63) is 23.7 Å². The summed E-state index contributed by atoms with van der Waals surface area (Å²) in [6, 6.07) is 1.84. The molecule has 0 unspecified atom stereocenters. The van der Waals surface area contributed by atoms with E-state index in [1.165, 1.54) is 32.8 Å². The molecule has 0 amide bonds. The summed E-state index contributed by atoms with van der Waals surface area (Å²) in [5.74, 6) is 2.66. The lowest BCUT2D eigenvalue weighted by atomic mass is 9.98. The number of hydrogen-bond donors (Lipinski definition) is 1. The van der Waals surface area contributed by atoms with E-state index >= 15 is 0 Å². The zero-order valence-corrected chi connectivity index (χ0v) is 11.4. The van der Waals surface area contributed by atoms with Gasteiger partial charge in [0.25, 0.3) is 0 Å². The minimum atomic E-state index is -0.400. The Morgan fingerprint density at radius 2 is 2.11 bits per heavy atom. The van der Waals surface area contributed by atoms with Crippen molar-refractivity contribution in [3.8, 4) is 0 Å². The molecule has 0 aromatic carbocycles. The normalized spacial score (nSPS) is 18.8. The maximum Gasteiger partial charge on any atom is 0.374 e. The molecule has 2 aliphatic rings. The van der Waals surface area contributed by atoms with Gasteiger partial charge in [-0.15, -0.1) is 0 Å². The third kappa shape index (κ3) is 3.00. The van der Waals surface area contributed by atoms with Gasteiger partial charge in [0.05, 0.1) is 13.4 Å². The molecule has 1 aromatic rings. The molecule has 0 radical (unpaired) electrons. The molecule has 104 valence electrons. The van der Waals surface area contributed by atoms with E-state index in [0.717, 1.165) is 29.9 Å². The van der Waals surface area contributed by atoms with E-state index in [0.29, 0.717) is 12.3 Å². The quantitative estimate of drug-likeness (QED) is 0.768. The van der Waals surface area contributed by atoms with E-state index in [4.69, 9.17) is 9.15 Å². The SMILES string of the molecule is COC(=O)c1occc1CNCC(C1CC1)C1CC1. The average molecular weight is 263 g/mol. The van der Waals surface area contributed by atoms with Gasteiger partial charge in [-0.3, -0.25) is 0 Å². The van der Waals surface area contributed by atoms with Crippen molar-refractivity contribution in [2.24, 2.45) is 17.8 Å². The summed E-state index contributed by atoms with van der Waals surface area (Å²) in [4.78, 5) is 11.5. The van der Waals surface area contributed by atoms with Gasteiger partial charge < -0.3 is 14.5 Å². The molecule has 1 N–H and O–H groups in total. The molecule has 19 heavy (non-hydrogen) atoms. The van der Waals surface area contributed by atoms with Gasteiger partial charge in [-0.25, -0.2) is 4.79 Å². The van der Waals surface area contributed by atoms with Gasteiger partial charge in [0.1, 0.15) is 0 Å². The van der Waals surface area contributed by atoms with E-state index < -0.39 is 5.97 Å². The number of rotatable bonds is 7. The van der Waals surface area contributed by atoms with Crippen LogP contribution >= 0.6 is 0 Å². The predicted molar refractivity (Wildman–Crippen MR) is 70.7 cm³/mol. The minimum Gasteiger partial charge on any atom is -0.463 e. The monoisotopic (exact) mass is 263 g/mol. The van der Waals surface area contributed by atoms with E-state index in [9.17, 15) is 4.79 Å². The second kappa shape index (κ2) is 5.37. The van der Waals surface area contributed by atoms with Crippen molar-refractivity contribution in [2.45, 2.75) is 32.2 Å². The third-order valence-electron chi connectivity index (χ3n) is 4.27. The molecule has 0 bridgehead atoms. The molecule has 2 aliphatic carbocycles. The first kappa shape index (κ1) is 12.7. The van der Waals surface area contributed by atoms with E-state index in [1.807, 2.05) is 6.07 Å². The minimum absolute atomic E-state index is 0.324. The van der Waals surface area contributed by atoms with Gasteiger partial charge in [-0.05, 0) is 56.0 Å². The second-order valence-electron chi connectivity index (χ2n) is 5.74. The summed E-state index contributed by atoms with van der Waals surface area (Å²) in [7, 11) is 1.37. The van der Waals surface area contributed by atoms with Gasteiger partial charge in [0.15, 0.2) is 0 Å². The Morgan fingerprint density at radius 3 is 2.68 bits per heavy atom. The Morgan fingerprint density at radius 1 is 1.42 bits per heavy atom. The van der Waals surface area contributed by atoms with E-state index in [2.05, 4.69) is 5.32 Å². The number of carbonyl (C=O) groups excluding carboxylic acids is 1. The molecule has 0 spiro atoms. The number of nitrogens with one attached hydrogen (secondary N) is 1. The fraction of sp³-hybridized carbons (Fsp3) is 0.667. The summed E-state index contributed by atoms with van der Waals surface area (Å²) in [5, 5.41) is 3.48. The van der Waals surface area contributed by atoms with Crippen LogP contribution in [0.15, 0.2) is 16.7 Å². The highest BCUT2D eigenvalue weighted by molar-refractivity contribution is 5.87. The topological polar surface area (TPSA) is 51.5 Å². The second-order valence-corrected chi connectivity index (χ2v) is 5.74. The summed E-state index contributed by atoms with van der Waals surface area (Å²) >= 11 is 0. The average Bonchev–Trinajstić information content (AvgIpc) is 3.33. The van der Waals surface area contributed by atoms with Crippen molar-refractivity contribution in [3.63, 3.8) is 0 Å². The third-order valence-corrected chi connectivity index (χ3v) is 4.27. The van der Waals surface area contributed by atoms with Crippen LogP contribution in [0.4, 0.5) is 0 Å². The number of carbonyl (C=O) groups is 1. The van der Waals surface area contributed by atoms with Crippen LogP contribution in [0.25, 0.3) is 0 Å². The standard InChI is InChI=1S/C15H21NO3/c1-18-15(17)14-12(6-7-19-14)8-16-9-13(10-2-3-10)11-4-5-11/h6-7,10-11,13,16H,2-5,8-9H2,1H3. The lowest BCUT2D eigenvalue weighted by Gasteiger charge is -2.16. The number of esters is 1. The Hall–Kier alpha value is -1.29. The van der Waals surface area contributed by atoms with Crippen molar-refractivity contribution in [1.29, 1.82) is 0 Å². The van der Waals surface area contributed by atoms with Gasteiger partial charge in [0.2, 0.25) is 5.76 Å². The lowest BCUT2D eigenvalue weighted by molar-refractivity contribution is 0.0563. The molecule has 3 rings (SSSR count). The maximum atomic E-state index is 11.5. The predicted octanol–water partition coefficient (Wildman–Crippen LogP) is 2.59. The Balaban J connectivity index is 1.51. The fourth-order valence-corrected chi connectivity index (χ4v) is 2.89. The van der Waals surface area contributed by atoms with Crippen LogP contribution in [-0.4, -0.2) is 19.6 Å². The Kier molecular flexibility index (Phi) is 3.60. The molecular weight excluding hydrogens is 242 g/mol. The smallest absolute Gasteiger partial charge is 0.374 e. The van der Waals surface area contributed by atoms with Crippen molar-refractivity contribution in [2.75, 3.05) is 13.7 Å². The molecular formula is C15H21NO3. The number of hydrogen-bond acceptors (Lipinski definition) is 4. The van der Waals surface area contributed by atoms with Gasteiger partial charge in [-0.2, -0.15) is 0 Å². The molecule has 1 heterocycles. The van der Waals surface area contributed by atoms with Crippen LogP contribution in [0, 0.1) is 17.8 Å². The highest BCUT2D eigenvalue weighted by Crippen LogP contribution is 2.48. The van der Waals surface area contributed by atoms with E-state index in [-0.39, 0.29) is 0 Å². The molecule has 0 atom stereocenters. The molecule has 2 fully saturated rings. The number of methoxy groups -OCH3 is 1. The van der Waals surface area contributed by atoms with Crippen LogP contribution in [0.1, 0.15) is 41.8 Å². The zero-order chi connectivity index (χ0) is 13.2. The molecule has 0 aliphatic heterocycles. The number of ether oxygens (including phenoxy) is 1. The Labute approximate surface area is 113 Å². The fourth-order valence-electron chi connectivity index (χ4n) is 2.89. The first-order chi connectivity index (χ1) is 9.29. The molecule has 0 saturated heterocycles. The van der Waals surface area contributed by atoms with Crippen molar-refractivity contribution in [1.82, 2.24) is 5.32 Å². The first-order valence-electron chi connectivity index (χ1n) is 7.15. The van der Waals surface area contributed by atoms with Crippen LogP contribution in [0.5, 0.6) is 0 Å². The zero-order valence-electron chi connectivity index (χ0n) is 11.4. The first-order valence-corrected chi connectivity index (χ1v) is 7.15. The van der Waals surface area contributed by atoms with Crippen LogP contribution in [-0.2, 0) is 11.3 Å². The van der Waals surface area contributed by atoms with Gasteiger partial charge in [-0.1, -0.05) is 0 Å². The molecule has 1 aromatic heterocycles. The summed E-state index contributed by atoms with van der Waals surface area (Å²) in [6.45, 7) is 1.73. The summed E-state index contributed by atoms with van der Waals surface area (Å²) < 4.78 is 9.88.